The van der Waals surface area contributed by atoms with Crippen molar-refractivity contribution in [3.8, 4) is 5.69 Å². The Hall–Kier alpha value is -4.31. The minimum atomic E-state index is -0.267. The second kappa shape index (κ2) is 9.51. The number of pyridine rings is 2. The van der Waals surface area contributed by atoms with E-state index in [4.69, 9.17) is 0 Å². The van der Waals surface area contributed by atoms with Crippen LogP contribution in [0.15, 0.2) is 65.8 Å². The normalized spacial score (nSPS) is 14.2. The number of rotatable bonds is 5. The fourth-order valence-corrected chi connectivity index (χ4v) is 4.09. The van der Waals surface area contributed by atoms with Crippen LogP contribution in [-0.4, -0.2) is 63.6 Å². The number of likely N-dealkylation sites (N-methyl/N-ethyl adjacent to an activating group) is 1. The Morgan fingerprint density at radius 3 is 2.26 bits per heavy atom. The predicted molar refractivity (Wildman–Crippen MR) is 137 cm³/mol. The quantitative estimate of drug-likeness (QED) is 0.458. The van der Waals surface area contributed by atoms with Gasteiger partial charge in [0.05, 0.1) is 29.8 Å². The van der Waals surface area contributed by atoms with Crippen molar-refractivity contribution >= 4 is 40.0 Å². The fourth-order valence-electron chi connectivity index (χ4n) is 4.09. The van der Waals surface area contributed by atoms with Crippen LogP contribution in [0, 0.1) is 0 Å². The molecule has 0 unspecified atom stereocenters. The highest BCUT2D eigenvalue weighted by molar-refractivity contribution is 5.88. The van der Waals surface area contributed by atoms with Gasteiger partial charge >= 0.3 is 0 Å². The number of anilines is 4. The molecule has 1 aliphatic heterocycles. The molecule has 10 heteroatoms. The summed E-state index contributed by atoms with van der Waals surface area (Å²) in [4.78, 5) is 41.9. The standard InChI is InChI=1S/C25H26N8O2/c1-17(34)29-18-3-5-19(6-4-18)33-22-13-24(28-15-21(22)26-16-25(33)35)30-23-8-7-20(14-27-23)32-11-9-31(2)10-12-32/h3-8,13-16H,9-12H2,1-2H3,(H,29,34)(H,27,28,30). The summed E-state index contributed by atoms with van der Waals surface area (Å²) in [6, 6.07) is 12.8. The number of carbonyl (C=O) groups excluding carboxylic acids is 1. The van der Waals surface area contributed by atoms with Gasteiger partial charge in [-0.05, 0) is 43.4 Å². The molecule has 1 saturated heterocycles. The lowest BCUT2D eigenvalue weighted by atomic mass is 10.2. The number of aromatic nitrogens is 4. The highest BCUT2D eigenvalue weighted by Gasteiger charge is 2.15. The van der Waals surface area contributed by atoms with Gasteiger partial charge in [0.2, 0.25) is 5.91 Å². The highest BCUT2D eigenvalue weighted by atomic mass is 16.1. The third kappa shape index (κ3) is 4.97. The molecule has 0 aliphatic carbocycles. The fraction of sp³-hybridized carbons (Fsp3) is 0.240. The summed E-state index contributed by atoms with van der Waals surface area (Å²) in [5, 5.41) is 5.95. The maximum absolute atomic E-state index is 12.7. The van der Waals surface area contributed by atoms with Crippen LogP contribution in [0.5, 0.6) is 0 Å². The molecule has 1 fully saturated rings. The van der Waals surface area contributed by atoms with E-state index in [2.05, 4.69) is 48.5 Å². The Balaban J connectivity index is 1.41. The molecule has 4 heterocycles. The van der Waals surface area contributed by atoms with Crippen molar-refractivity contribution in [2.45, 2.75) is 6.92 Å². The summed E-state index contributed by atoms with van der Waals surface area (Å²) in [6.45, 7) is 5.48. The molecule has 0 atom stereocenters. The first kappa shape index (κ1) is 22.5. The summed E-state index contributed by atoms with van der Waals surface area (Å²) in [6.07, 6.45) is 4.76. The zero-order chi connectivity index (χ0) is 24.4. The van der Waals surface area contributed by atoms with E-state index in [1.54, 1.807) is 41.1 Å². The van der Waals surface area contributed by atoms with Crippen molar-refractivity contribution in [2.75, 3.05) is 48.8 Å². The second-order valence-electron chi connectivity index (χ2n) is 8.54. The predicted octanol–water partition coefficient (Wildman–Crippen LogP) is 2.63. The molecule has 35 heavy (non-hydrogen) atoms. The van der Waals surface area contributed by atoms with Crippen LogP contribution in [-0.2, 0) is 4.79 Å². The molecule has 10 nitrogen and oxygen atoms in total. The first-order valence-electron chi connectivity index (χ1n) is 11.4. The summed E-state index contributed by atoms with van der Waals surface area (Å²) in [7, 11) is 2.13. The highest BCUT2D eigenvalue weighted by Crippen LogP contribution is 2.22. The lowest BCUT2D eigenvalue weighted by Crippen LogP contribution is -2.44. The minimum Gasteiger partial charge on any atom is -0.368 e. The van der Waals surface area contributed by atoms with Gasteiger partial charge in [-0.15, -0.1) is 0 Å². The van der Waals surface area contributed by atoms with E-state index in [9.17, 15) is 9.59 Å². The number of nitrogens with one attached hydrogen (secondary N) is 2. The number of hydrogen-bond acceptors (Lipinski definition) is 8. The molecule has 2 N–H and O–H groups in total. The lowest BCUT2D eigenvalue weighted by molar-refractivity contribution is -0.114. The third-order valence-electron chi connectivity index (χ3n) is 5.96. The molecule has 4 aromatic rings. The van der Waals surface area contributed by atoms with Crippen molar-refractivity contribution < 1.29 is 4.79 Å². The van der Waals surface area contributed by atoms with Gasteiger partial charge in [-0.25, -0.2) is 15.0 Å². The monoisotopic (exact) mass is 470 g/mol. The number of piperazine rings is 1. The molecule has 1 amide bonds. The molecule has 0 radical (unpaired) electrons. The van der Waals surface area contributed by atoms with E-state index in [1.165, 1.54) is 13.1 Å². The van der Waals surface area contributed by atoms with Gasteiger partial charge < -0.3 is 20.4 Å². The van der Waals surface area contributed by atoms with Crippen LogP contribution in [0.4, 0.5) is 23.0 Å². The van der Waals surface area contributed by atoms with Crippen molar-refractivity contribution in [1.82, 2.24) is 24.4 Å². The summed E-state index contributed by atoms with van der Waals surface area (Å²) in [5.74, 6) is 1.05. The Morgan fingerprint density at radius 1 is 0.857 bits per heavy atom. The number of carbonyl (C=O) groups is 1. The molecule has 3 aromatic heterocycles. The van der Waals surface area contributed by atoms with Gasteiger partial charge in [0.1, 0.15) is 17.2 Å². The second-order valence-corrected chi connectivity index (χ2v) is 8.54. The van der Waals surface area contributed by atoms with E-state index in [1.807, 2.05) is 12.3 Å². The van der Waals surface area contributed by atoms with E-state index in [0.29, 0.717) is 34.0 Å². The molecule has 5 rings (SSSR count). The van der Waals surface area contributed by atoms with Crippen LogP contribution >= 0.6 is 0 Å². The van der Waals surface area contributed by atoms with E-state index < -0.39 is 0 Å². The molecule has 178 valence electrons. The molecule has 0 saturated carbocycles. The summed E-state index contributed by atoms with van der Waals surface area (Å²) in [5.41, 5.74) is 3.33. The van der Waals surface area contributed by atoms with Crippen LogP contribution in [0.2, 0.25) is 0 Å². The zero-order valence-electron chi connectivity index (χ0n) is 19.6. The van der Waals surface area contributed by atoms with Crippen LogP contribution < -0.4 is 21.1 Å². The topological polar surface area (TPSA) is 108 Å². The smallest absolute Gasteiger partial charge is 0.274 e. The molecule has 1 aromatic carbocycles. The molecule has 0 bridgehead atoms. The Labute approximate surface area is 202 Å². The molecule has 0 spiro atoms. The Morgan fingerprint density at radius 2 is 1.57 bits per heavy atom. The van der Waals surface area contributed by atoms with E-state index >= 15 is 0 Å². The van der Waals surface area contributed by atoms with Gasteiger partial charge in [0, 0.05) is 50.5 Å². The number of amides is 1. The SMILES string of the molecule is CC(=O)Nc1ccc(-n2c(=O)cnc3cnc(Nc4ccc(N5CCN(C)CC5)cn4)cc32)cc1. The summed E-state index contributed by atoms with van der Waals surface area (Å²) < 4.78 is 1.57. The number of hydrogen-bond donors (Lipinski definition) is 2. The van der Waals surface area contributed by atoms with Crippen molar-refractivity contribution in [2.24, 2.45) is 0 Å². The van der Waals surface area contributed by atoms with Gasteiger partial charge in [0.15, 0.2) is 0 Å². The van der Waals surface area contributed by atoms with Gasteiger partial charge in [-0.1, -0.05) is 0 Å². The number of benzene rings is 1. The van der Waals surface area contributed by atoms with Crippen LogP contribution in [0.1, 0.15) is 6.92 Å². The van der Waals surface area contributed by atoms with Gasteiger partial charge in [0.25, 0.3) is 5.56 Å². The van der Waals surface area contributed by atoms with Crippen molar-refractivity contribution in [1.29, 1.82) is 0 Å². The zero-order valence-corrected chi connectivity index (χ0v) is 19.6. The van der Waals surface area contributed by atoms with Crippen molar-refractivity contribution in [3.05, 3.63) is 71.4 Å². The Kier molecular flexibility index (Phi) is 6.11. The minimum absolute atomic E-state index is 0.156. The average molecular weight is 471 g/mol. The third-order valence-corrected chi connectivity index (χ3v) is 5.96. The summed E-state index contributed by atoms with van der Waals surface area (Å²) >= 11 is 0. The van der Waals surface area contributed by atoms with E-state index in [0.717, 1.165) is 31.9 Å². The van der Waals surface area contributed by atoms with Gasteiger partial charge in [-0.2, -0.15) is 0 Å². The van der Waals surface area contributed by atoms with Crippen LogP contribution in [0.25, 0.3) is 16.7 Å². The molecule has 1 aliphatic rings. The van der Waals surface area contributed by atoms with Crippen molar-refractivity contribution in [3.63, 3.8) is 0 Å². The first-order valence-corrected chi connectivity index (χ1v) is 11.4. The first-order chi connectivity index (χ1) is 17.0. The molecular weight excluding hydrogens is 444 g/mol. The lowest BCUT2D eigenvalue weighted by Gasteiger charge is -2.33. The van der Waals surface area contributed by atoms with Crippen LogP contribution in [0.3, 0.4) is 0 Å². The largest absolute Gasteiger partial charge is 0.368 e. The van der Waals surface area contributed by atoms with Gasteiger partial charge in [-0.3, -0.25) is 14.2 Å². The Bertz CT molecular complexity index is 1410. The average Bonchev–Trinajstić information content (AvgIpc) is 2.85. The maximum atomic E-state index is 12.7. The molecular formula is C25H26N8O2. The van der Waals surface area contributed by atoms with E-state index in [-0.39, 0.29) is 11.5 Å². The number of nitrogens with zero attached hydrogens (tertiary/aromatic N) is 6. The number of fused-ring (bicyclic) bond motifs is 1. The maximum Gasteiger partial charge on any atom is 0.274 e.